The molecular weight excluding hydrogens is 274 g/mol. The third-order valence-electron chi connectivity index (χ3n) is 2.80. The zero-order valence-corrected chi connectivity index (χ0v) is 12.3. The molecule has 1 aromatic rings. The van der Waals surface area contributed by atoms with Crippen molar-refractivity contribution < 1.29 is 19.1 Å². The number of carbonyl (C=O) groups excluding carboxylic acids is 2. The lowest BCUT2D eigenvalue weighted by Crippen LogP contribution is -2.41. The van der Waals surface area contributed by atoms with E-state index in [1.54, 1.807) is 26.3 Å². The predicted molar refractivity (Wildman–Crippen MR) is 78.2 cm³/mol. The number of ether oxygens (including phenoxy) is 2. The molecule has 0 spiro atoms. The van der Waals surface area contributed by atoms with E-state index in [0.717, 1.165) is 0 Å². The van der Waals surface area contributed by atoms with Crippen LogP contribution in [0.4, 0.5) is 0 Å². The third-order valence-corrected chi connectivity index (χ3v) is 2.80. The monoisotopic (exact) mass is 295 g/mol. The lowest BCUT2D eigenvalue weighted by Gasteiger charge is -2.18. The fraction of sp³-hybridized carbons (Fsp3) is 0.429. The Bertz CT molecular complexity index is 479. The first-order valence-electron chi connectivity index (χ1n) is 6.55. The number of nitrogens with zero attached hydrogens (tertiary/aromatic N) is 1. The topological polar surface area (TPSA) is 93.9 Å². The molecule has 7 nitrogen and oxygen atoms in total. The highest BCUT2D eigenvalue weighted by Gasteiger charge is 2.10. The molecule has 2 amide bonds. The number of para-hydroxylation sites is 2. The molecule has 0 aliphatic heterocycles. The maximum Gasteiger partial charge on any atom is 0.241 e. The van der Waals surface area contributed by atoms with Gasteiger partial charge in [0.05, 0.1) is 26.7 Å². The summed E-state index contributed by atoms with van der Waals surface area (Å²) in [6, 6.07) is 7.28. The van der Waals surface area contributed by atoms with Crippen LogP contribution in [0.15, 0.2) is 24.3 Å². The minimum Gasteiger partial charge on any atom is -0.493 e. The van der Waals surface area contributed by atoms with Gasteiger partial charge in [0.1, 0.15) is 6.61 Å². The van der Waals surface area contributed by atoms with E-state index in [0.29, 0.717) is 24.7 Å². The van der Waals surface area contributed by atoms with Gasteiger partial charge in [-0.3, -0.25) is 9.59 Å². The highest BCUT2D eigenvalue weighted by molar-refractivity contribution is 5.85. The molecule has 0 unspecified atom stereocenters. The third kappa shape index (κ3) is 5.70. The molecule has 0 aliphatic rings. The minimum atomic E-state index is -0.359. The Morgan fingerprint density at radius 1 is 1.29 bits per heavy atom. The van der Waals surface area contributed by atoms with Crippen LogP contribution in [0.5, 0.6) is 11.5 Å². The van der Waals surface area contributed by atoms with Gasteiger partial charge in [-0.2, -0.15) is 0 Å². The average Bonchev–Trinajstić information content (AvgIpc) is 2.52. The van der Waals surface area contributed by atoms with Crippen molar-refractivity contribution in [2.45, 2.75) is 0 Å². The van der Waals surface area contributed by atoms with E-state index in [4.69, 9.17) is 15.2 Å². The molecule has 0 heterocycles. The van der Waals surface area contributed by atoms with Gasteiger partial charge >= 0.3 is 0 Å². The van der Waals surface area contributed by atoms with Gasteiger partial charge in [0.2, 0.25) is 11.8 Å². The quantitative estimate of drug-likeness (QED) is 0.681. The number of hydrogen-bond donors (Lipinski definition) is 2. The number of likely N-dealkylation sites (N-methyl/N-ethyl adjacent to an activating group) is 1. The van der Waals surface area contributed by atoms with Gasteiger partial charge in [-0.05, 0) is 12.1 Å². The number of benzene rings is 1. The number of nitrogens with two attached hydrogens (primary N) is 1. The summed E-state index contributed by atoms with van der Waals surface area (Å²) >= 11 is 0. The van der Waals surface area contributed by atoms with Gasteiger partial charge in [-0.1, -0.05) is 12.1 Å². The Hall–Kier alpha value is -2.28. The standard InChI is InChI=1S/C14H21N3O4/c1-17(14(19)10-16-13(18)9-15)7-8-21-12-6-4-3-5-11(12)20-2/h3-6H,7-10,15H2,1-2H3,(H,16,18). The van der Waals surface area contributed by atoms with Gasteiger partial charge < -0.3 is 25.4 Å². The summed E-state index contributed by atoms with van der Waals surface area (Å²) in [6.07, 6.45) is 0. The van der Waals surface area contributed by atoms with Crippen molar-refractivity contribution in [3.8, 4) is 11.5 Å². The van der Waals surface area contributed by atoms with E-state index < -0.39 is 0 Å². The Morgan fingerprint density at radius 3 is 2.57 bits per heavy atom. The van der Waals surface area contributed by atoms with Gasteiger partial charge in [0.25, 0.3) is 0 Å². The zero-order valence-electron chi connectivity index (χ0n) is 12.3. The van der Waals surface area contributed by atoms with E-state index in [2.05, 4.69) is 5.32 Å². The van der Waals surface area contributed by atoms with E-state index in [9.17, 15) is 9.59 Å². The van der Waals surface area contributed by atoms with Crippen LogP contribution in [-0.4, -0.2) is 57.1 Å². The second-order valence-corrected chi connectivity index (χ2v) is 4.30. The normalized spacial score (nSPS) is 9.86. The smallest absolute Gasteiger partial charge is 0.241 e. The maximum absolute atomic E-state index is 11.7. The number of nitrogens with one attached hydrogen (secondary N) is 1. The molecule has 7 heteroatoms. The Kier molecular flexibility index (Phi) is 7.03. The second-order valence-electron chi connectivity index (χ2n) is 4.30. The van der Waals surface area contributed by atoms with E-state index in [-0.39, 0.29) is 24.9 Å². The Morgan fingerprint density at radius 2 is 1.95 bits per heavy atom. The fourth-order valence-electron chi connectivity index (χ4n) is 1.54. The highest BCUT2D eigenvalue weighted by Crippen LogP contribution is 2.25. The number of amides is 2. The number of hydrogen-bond acceptors (Lipinski definition) is 5. The van der Waals surface area contributed by atoms with Crippen molar-refractivity contribution in [1.29, 1.82) is 0 Å². The van der Waals surface area contributed by atoms with Gasteiger partial charge in [-0.25, -0.2) is 0 Å². The molecule has 0 aliphatic carbocycles. The molecule has 21 heavy (non-hydrogen) atoms. The van der Waals surface area contributed by atoms with Crippen molar-refractivity contribution in [1.82, 2.24) is 10.2 Å². The van der Waals surface area contributed by atoms with Crippen LogP contribution in [0.25, 0.3) is 0 Å². The molecule has 0 atom stereocenters. The predicted octanol–water partition coefficient (Wildman–Crippen LogP) is -0.393. The molecule has 3 N–H and O–H groups in total. The molecule has 116 valence electrons. The largest absolute Gasteiger partial charge is 0.493 e. The molecule has 1 rings (SSSR count). The van der Waals surface area contributed by atoms with Crippen LogP contribution in [0.2, 0.25) is 0 Å². The summed E-state index contributed by atoms with van der Waals surface area (Å²) in [7, 11) is 3.21. The molecule has 0 fully saturated rings. The van der Waals surface area contributed by atoms with Gasteiger partial charge in [0, 0.05) is 7.05 Å². The summed E-state index contributed by atoms with van der Waals surface area (Å²) in [5.74, 6) is 0.696. The summed E-state index contributed by atoms with van der Waals surface area (Å²) in [5.41, 5.74) is 5.14. The fourth-order valence-corrected chi connectivity index (χ4v) is 1.54. The van der Waals surface area contributed by atoms with Crippen molar-refractivity contribution in [3.63, 3.8) is 0 Å². The highest BCUT2D eigenvalue weighted by atomic mass is 16.5. The van der Waals surface area contributed by atoms with Gasteiger partial charge in [0.15, 0.2) is 11.5 Å². The van der Waals surface area contributed by atoms with Crippen LogP contribution in [-0.2, 0) is 9.59 Å². The van der Waals surface area contributed by atoms with Crippen LogP contribution >= 0.6 is 0 Å². The van der Waals surface area contributed by atoms with Crippen LogP contribution < -0.4 is 20.5 Å². The van der Waals surface area contributed by atoms with Crippen molar-refractivity contribution >= 4 is 11.8 Å². The summed E-state index contributed by atoms with van der Waals surface area (Å²) < 4.78 is 10.7. The summed E-state index contributed by atoms with van der Waals surface area (Å²) in [6.45, 7) is 0.526. The number of carbonyl (C=O) groups is 2. The lowest BCUT2D eigenvalue weighted by molar-refractivity contribution is -0.131. The van der Waals surface area contributed by atoms with Crippen LogP contribution in [0, 0.1) is 0 Å². The van der Waals surface area contributed by atoms with E-state index in [1.807, 2.05) is 12.1 Å². The number of methoxy groups -OCH3 is 1. The van der Waals surface area contributed by atoms with Crippen molar-refractivity contribution in [2.24, 2.45) is 5.73 Å². The molecule has 0 saturated heterocycles. The first-order chi connectivity index (χ1) is 10.1. The van der Waals surface area contributed by atoms with E-state index in [1.165, 1.54) is 4.90 Å². The van der Waals surface area contributed by atoms with Crippen molar-refractivity contribution in [2.75, 3.05) is 40.4 Å². The van der Waals surface area contributed by atoms with Crippen LogP contribution in [0.3, 0.4) is 0 Å². The molecule has 0 bridgehead atoms. The SMILES string of the molecule is COc1ccccc1OCCN(C)C(=O)CNC(=O)CN. The summed E-state index contributed by atoms with van der Waals surface area (Å²) in [5, 5.41) is 2.42. The number of rotatable bonds is 8. The molecule has 0 radical (unpaired) electrons. The van der Waals surface area contributed by atoms with Gasteiger partial charge in [-0.15, -0.1) is 0 Å². The minimum absolute atomic E-state index is 0.0683. The summed E-state index contributed by atoms with van der Waals surface area (Å²) in [4.78, 5) is 24.2. The molecule has 1 aromatic carbocycles. The molecular formula is C14H21N3O4. The molecule has 0 saturated carbocycles. The molecule has 0 aromatic heterocycles. The first kappa shape index (κ1) is 16.8. The second kappa shape index (κ2) is 8.80. The van der Waals surface area contributed by atoms with Crippen molar-refractivity contribution in [3.05, 3.63) is 24.3 Å². The lowest BCUT2D eigenvalue weighted by atomic mass is 10.3. The first-order valence-corrected chi connectivity index (χ1v) is 6.55. The van der Waals surface area contributed by atoms with Crippen LogP contribution in [0.1, 0.15) is 0 Å². The average molecular weight is 295 g/mol. The zero-order chi connectivity index (χ0) is 15.7. The Labute approximate surface area is 124 Å². The maximum atomic E-state index is 11.7. The van der Waals surface area contributed by atoms with E-state index >= 15 is 0 Å². The Balaban J connectivity index is 2.34.